The van der Waals surface area contributed by atoms with Crippen molar-refractivity contribution in [1.82, 2.24) is 9.97 Å². The number of aryl methyl sites for hydroxylation is 1. The molecule has 1 aromatic heterocycles. The Kier molecular flexibility index (Phi) is 2.83. The lowest BCUT2D eigenvalue weighted by Gasteiger charge is -2.05. The smallest absolute Gasteiger partial charge is 0.289 e. The third kappa shape index (κ3) is 2.51. The zero-order valence-electron chi connectivity index (χ0n) is 7.30. The van der Waals surface area contributed by atoms with Crippen molar-refractivity contribution in [3.05, 3.63) is 23.8 Å². The Hall–Kier alpha value is -1.46. The summed E-state index contributed by atoms with van der Waals surface area (Å²) in [5.74, 6) is -1.80. The maximum Gasteiger partial charge on any atom is 0.450 e. The molecule has 1 heterocycles. The summed E-state index contributed by atoms with van der Waals surface area (Å²) in [6.45, 7) is 1.51. The van der Waals surface area contributed by atoms with Crippen molar-refractivity contribution in [1.29, 1.82) is 0 Å². The number of ketones is 1. The van der Waals surface area contributed by atoms with Crippen LogP contribution in [0.3, 0.4) is 0 Å². The van der Waals surface area contributed by atoms with Crippen LogP contribution in [0.2, 0.25) is 0 Å². The van der Waals surface area contributed by atoms with Gasteiger partial charge >= 0.3 is 6.18 Å². The molecule has 0 aromatic carbocycles. The lowest BCUT2D eigenvalue weighted by molar-refractivity contribution is -0.170. The summed E-state index contributed by atoms with van der Waals surface area (Å²) in [6.07, 6.45) is -2.93. The van der Waals surface area contributed by atoms with Gasteiger partial charge in [0.1, 0.15) is 0 Å². The van der Waals surface area contributed by atoms with Crippen LogP contribution in [0.25, 0.3) is 0 Å². The van der Waals surface area contributed by atoms with Crippen LogP contribution >= 0.6 is 0 Å². The molecule has 0 radical (unpaired) electrons. The second-order valence-corrected chi connectivity index (χ2v) is 2.69. The van der Waals surface area contributed by atoms with Crippen molar-refractivity contribution >= 4 is 5.78 Å². The number of carbonyl (C=O) groups excluding carboxylic acids is 1. The molecule has 14 heavy (non-hydrogen) atoms. The zero-order valence-corrected chi connectivity index (χ0v) is 7.30. The third-order valence-electron chi connectivity index (χ3n) is 1.63. The van der Waals surface area contributed by atoms with E-state index in [1.54, 1.807) is 0 Å². The van der Waals surface area contributed by atoms with E-state index >= 15 is 0 Å². The highest BCUT2D eigenvalue weighted by molar-refractivity contribution is 5.85. The summed E-state index contributed by atoms with van der Waals surface area (Å²) in [5.41, 5.74) is 0.403. The molecule has 1 rings (SSSR count). The van der Waals surface area contributed by atoms with Gasteiger partial charge in [-0.3, -0.25) is 14.8 Å². The van der Waals surface area contributed by atoms with Gasteiger partial charge in [-0.1, -0.05) is 0 Å². The lowest BCUT2D eigenvalue weighted by Crippen LogP contribution is -2.25. The highest BCUT2D eigenvalue weighted by Gasteiger charge is 2.38. The largest absolute Gasteiger partial charge is 0.450 e. The molecule has 0 atom stereocenters. The Bertz CT molecular complexity index is 349. The first-order valence-corrected chi connectivity index (χ1v) is 3.78. The van der Waals surface area contributed by atoms with E-state index in [4.69, 9.17) is 0 Å². The van der Waals surface area contributed by atoms with Gasteiger partial charge in [0.2, 0.25) is 5.78 Å². The van der Waals surface area contributed by atoms with E-state index < -0.39 is 18.4 Å². The number of aromatic nitrogens is 2. The van der Waals surface area contributed by atoms with Gasteiger partial charge in [-0.15, -0.1) is 0 Å². The fourth-order valence-corrected chi connectivity index (χ4v) is 0.862. The average Bonchev–Trinajstić information content (AvgIpc) is 2.07. The number of rotatable bonds is 2. The van der Waals surface area contributed by atoms with Gasteiger partial charge in [0.05, 0.1) is 17.8 Å². The summed E-state index contributed by atoms with van der Waals surface area (Å²) in [6, 6.07) is 0. The second kappa shape index (κ2) is 3.73. The van der Waals surface area contributed by atoms with Crippen LogP contribution < -0.4 is 0 Å². The summed E-state index contributed by atoms with van der Waals surface area (Å²) in [7, 11) is 0. The van der Waals surface area contributed by atoms with E-state index in [0.29, 0.717) is 5.69 Å². The average molecular weight is 204 g/mol. The number of alkyl halides is 3. The molecule has 0 aliphatic heterocycles. The normalized spacial score (nSPS) is 11.4. The van der Waals surface area contributed by atoms with Crippen LogP contribution in [-0.4, -0.2) is 21.9 Å². The topological polar surface area (TPSA) is 42.9 Å². The molecule has 6 heteroatoms. The summed E-state index contributed by atoms with van der Waals surface area (Å²) >= 11 is 0. The molecule has 0 saturated heterocycles. The molecular weight excluding hydrogens is 197 g/mol. The van der Waals surface area contributed by atoms with E-state index in [9.17, 15) is 18.0 Å². The van der Waals surface area contributed by atoms with Gasteiger partial charge in [-0.25, -0.2) is 0 Å². The molecule has 76 valence electrons. The van der Waals surface area contributed by atoms with E-state index in [1.165, 1.54) is 19.3 Å². The molecule has 0 amide bonds. The molecule has 0 unspecified atom stereocenters. The minimum absolute atomic E-state index is 0.0647. The molecule has 0 N–H and O–H groups in total. The van der Waals surface area contributed by atoms with Crippen molar-refractivity contribution < 1.29 is 18.0 Å². The SMILES string of the molecule is Cc1nccnc1CC(=O)C(F)(F)F. The molecular formula is C8H7F3N2O. The number of halogens is 3. The van der Waals surface area contributed by atoms with Gasteiger partial charge in [0, 0.05) is 12.4 Å². The van der Waals surface area contributed by atoms with E-state index in [0.717, 1.165) is 0 Å². The zero-order chi connectivity index (χ0) is 10.8. The Balaban J connectivity index is 2.80. The maximum absolute atomic E-state index is 11.9. The van der Waals surface area contributed by atoms with Crippen molar-refractivity contribution in [3.8, 4) is 0 Å². The summed E-state index contributed by atoms with van der Waals surface area (Å²) < 4.78 is 35.6. The second-order valence-electron chi connectivity index (χ2n) is 2.69. The fourth-order valence-electron chi connectivity index (χ4n) is 0.862. The molecule has 0 fully saturated rings. The van der Waals surface area contributed by atoms with Crippen LogP contribution in [-0.2, 0) is 11.2 Å². The van der Waals surface area contributed by atoms with Gasteiger partial charge in [0.25, 0.3) is 0 Å². The van der Waals surface area contributed by atoms with Crippen LogP contribution in [0.1, 0.15) is 11.4 Å². The number of hydrogen-bond acceptors (Lipinski definition) is 3. The van der Waals surface area contributed by atoms with Crippen molar-refractivity contribution in [2.45, 2.75) is 19.5 Å². The van der Waals surface area contributed by atoms with Gasteiger partial charge in [-0.05, 0) is 6.92 Å². The number of Topliss-reactive ketones (excluding diaryl/α,β-unsaturated/α-hetero) is 1. The minimum Gasteiger partial charge on any atom is -0.289 e. The maximum atomic E-state index is 11.9. The number of nitrogens with zero attached hydrogens (tertiary/aromatic N) is 2. The molecule has 0 bridgehead atoms. The molecule has 3 nitrogen and oxygen atoms in total. The van der Waals surface area contributed by atoms with Crippen molar-refractivity contribution in [2.24, 2.45) is 0 Å². The summed E-state index contributed by atoms with van der Waals surface area (Å²) in [4.78, 5) is 18.0. The minimum atomic E-state index is -4.80. The Labute approximate surface area is 78.0 Å². The van der Waals surface area contributed by atoms with Gasteiger partial charge in [0.15, 0.2) is 0 Å². The molecule has 0 aliphatic carbocycles. The molecule has 1 aromatic rings. The highest BCUT2D eigenvalue weighted by Crippen LogP contribution is 2.18. The standard InChI is InChI=1S/C8H7F3N2O/c1-5-6(13-3-2-12-5)4-7(14)8(9,10)11/h2-3H,4H2,1H3. The Morgan fingerprint density at radius 2 is 1.93 bits per heavy atom. The van der Waals surface area contributed by atoms with Crippen LogP contribution in [0.4, 0.5) is 13.2 Å². The Morgan fingerprint density at radius 1 is 1.36 bits per heavy atom. The van der Waals surface area contributed by atoms with Crippen molar-refractivity contribution in [2.75, 3.05) is 0 Å². The van der Waals surface area contributed by atoms with Crippen molar-refractivity contribution in [3.63, 3.8) is 0 Å². The van der Waals surface area contributed by atoms with E-state index in [-0.39, 0.29) is 5.69 Å². The van der Waals surface area contributed by atoms with Gasteiger partial charge < -0.3 is 0 Å². The highest BCUT2D eigenvalue weighted by atomic mass is 19.4. The number of hydrogen-bond donors (Lipinski definition) is 0. The molecule has 0 aliphatic rings. The van der Waals surface area contributed by atoms with E-state index in [1.807, 2.05) is 0 Å². The lowest BCUT2D eigenvalue weighted by atomic mass is 10.2. The summed E-state index contributed by atoms with van der Waals surface area (Å²) in [5, 5.41) is 0. The quantitative estimate of drug-likeness (QED) is 0.732. The predicted molar refractivity (Wildman–Crippen MR) is 41.5 cm³/mol. The first-order valence-electron chi connectivity index (χ1n) is 3.78. The van der Waals surface area contributed by atoms with Crippen LogP contribution in [0, 0.1) is 6.92 Å². The fraction of sp³-hybridized carbons (Fsp3) is 0.375. The first kappa shape index (κ1) is 10.6. The molecule has 0 spiro atoms. The van der Waals surface area contributed by atoms with Crippen LogP contribution in [0.5, 0.6) is 0 Å². The van der Waals surface area contributed by atoms with Crippen LogP contribution in [0.15, 0.2) is 12.4 Å². The molecule has 0 saturated carbocycles. The first-order chi connectivity index (χ1) is 6.41. The van der Waals surface area contributed by atoms with Gasteiger partial charge in [-0.2, -0.15) is 13.2 Å². The van der Waals surface area contributed by atoms with E-state index in [2.05, 4.69) is 9.97 Å². The third-order valence-corrected chi connectivity index (χ3v) is 1.63. The predicted octanol–water partition coefficient (Wildman–Crippen LogP) is 1.46. The number of carbonyl (C=O) groups is 1. The Morgan fingerprint density at radius 3 is 2.43 bits per heavy atom. The monoisotopic (exact) mass is 204 g/mol.